The van der Waals surface area contributed by atoms with Crippen LogP contribution in [0.3, 0.4) is 0 Å². The molecule has 2 N–H and O–H groups in total. The maximum atomic E-state index is 12.2. The first-order valence-electron chi connectivity index (χ1n) is 12.1. The number of hydrogen-bond donors (Lipinski definition) is 2. The summed E-state index contributed by atoms with van der Waals surface area (Å²) in [6, 6.07) is 0.883. The van der Waals surface area contributed by atoms with Crippen LogP contribution < -0.4 is 0 Å². The Morgan fingerprint density at radius 2 is 1.84 bits per heavy atom. The summed E-state index contributed by atoms with van der Waals surface area (Å²) in [6.45, 7) is 4.81. The van der Waals surface area contributed by atoms with Crippen LogP contribution in [0.25, 0.3) is 0 Å². The number of aliphatic carboxylic acids is 1. The maximum Gasteiger partial charge on any atom is 0.411 e. The first-order valence-corrected chi connectivity index (χ1v) is 12.1. The number of aliphatic hydroxyl groups excluding tert-OH is 1. The van der Waals surface area contributed by atoms with E-state index >= 15 is 0 Å². The van der Waals surface area contributed by atoms with Gasteiger partial charge in [-0.15, -0.1) is 0 Å². The van der Waals surface area contributed by atoms with Crippen LogP contribution in [-0.2, 0) is 9.53 Å². The third-order valence-electron chi connectivity index (χ3n) is 7.44. The van der Waals surface area contributed by atoms with Gasteiger partial charge in [0.15, 0.2) is 0 Å². The second-order valence-electron chi connectivity index (χ2n) is 9.62. The van der Waals surface area contributed by atoms with Crippen molar-refractivity contribution in [3.05, 3.63) is 0 Å². The lowest BCUT2D eigenvalue weighted by Gasteiger charge is -2.44. The van der Waals surface area contributed by atoms with Crippen molar-refractivity contribution < 1.29 is 24.5 Å². The molecule has 31 heavy (non-hydrogen) atoms. The molecule has 3 saturated heterocycles. The Bertz CT molecular complexity index is 623. The molecule has 4 rings (SSSR count). The van der Waals surface area contributed by atoms with Crippen molar-refractivity contribution in [3.63, 3.8) is 0 Å². The van der Waals surface area contributed by atoms with Crippen molar-refractivity contribution in [2.24, 2.45) is 5.92 Å². The van der Waals surface area contributed by atoms with Crippen molar-refractivity contribution in [1.82, 2.24) is 19.6 Å². The third-order valence-corrected chi connectivity index (χ3v) is 7.44. The number of carboxylic acid groups (broad SMARTS) is 1. The molecule has 0 aromatic rings. The quantitative estimate of drug-likeness (QED) is 0.492. The average molecular weight is 439 g/mol. The number of rotatable bonds is 10. The second-order valence-corrected chi connectivity index (χ2v) is 9.62. The first kappa shape index (κ1) is 22.8. The fourth-order valence-corrected chi connectivity index (χ4v) is 5.47. The van der Waals surface area contributed by atoms with Crippen molar-refractivity contribution in [1.29, 1.82) is 0 Å². The molecule has 0 aromatic heterocycles. The van der Waals surface area contributed by atoms with Crippen molar-refractivity contribution in [2.45, 2.75) is 69.8 Å². The van der Waals surface area contributed by atoms with E-state index in [9.17, 15) is 14.7 Å². The maximum absolute atomic E-state index is 12.2. The molecule has 4 aliphatic rings. The summed E-state index contributed by atoms with van der Waals surface area (Å²) in [7, 11) is 0. The Morgan fingerprint density at radius 3 is 2.45 bits per heavy atom. The predicted molar refractivity (Wildman–Crippen MR) is 114 cm³/mol. The van der Waals surface area contributed by atoms with E-state index in [1.165, 1.54) is 45.2 Å². The van der Waals surface area contributed by atoms with Gasteiger partial charge in [-0.2, -0.15) is 0 Å². The highest BCUT2D eigenvalue weighted by atomic mass is 16.6. The number of nitrogens with zero attached hydrogens (tertiary/aromatic N) is 4. The smallest absolute Gasteiger partial charge is 0.411 e. The first-order chi connectivity index (χ1) is 15.0. The van der Waals surface area contributed by atoms with E-state index in [0.29, 0.717) is 32.8 Å². The zero-order valence-electron chi connectivity index (χ0n) is 18.5. The van der Waals surface area contributed by atoms with Crippen molar-refractivity contribution >= 4 is 12.1 Å². The van der Waals surface area contributed by atoms with E-state index in [1.54, 1.807) is 9.80 Å². The highest BCUT2D eigenvalue weighted by Gasteiger charge is 2.37. The van der Waals surface area contributed by atoms with Gasteiger partial charge in [-0.25, -0.2) is 4.79 Å². The van der Waals surface area contributed by atoms with Crippen LogP contribution >= 0.6 is 0 Å². The average Bonchev–Trinajstić information content (AvgIpc) is 3.51. The predicted octanol–water partition coefficient (Wildman–Crippen LogP) is 1.22. The van der Waals surface area contributed by atoms with Crippen LogP contribution in [0.4, 0.5) is 4.79 Å². The number of hydrogen-bond acceptors (Lipinski definition) is 7. The van der Waals surface area contributed by atoms with Gasteiger partial charge in [0.25, 0.3) is 0 Å². The van der Waals surface area contributed by atoms with Gasteiger partial charge in [-0.3, -0.25) is 19.5 Å². The molecule has 0 bridgehead atoms. The van der Waals surface area contributed by atoms with Crippen LogP contribution in [0.2, 0.25) is 0 Å². The Morgan fingerprint density at radius 1 is 1.06 bits per heavy atom. The third kappa shape index (κ3) is 6.09. The lowest BCUT2D eigenvalue weighted by atomic mass is 9.91. The Hall–Kier alpha value is -1.42. The second kappa shape index (κ2) is 10.5. The molecule has 0 radical (unpaired) electrons. The molecule has 0 aromatic carbocycles. The Kier molecular flexibility index (Phi) is 7.68. The molecule has 1 aliphatic carbocycles. The minimum absolute atomic E-state index is 0.0895. The zero-order chi connectivity index (χ0) is 21.8. The minimum Gasteiger partial charge on any atom is -0.480 e. The number of piperazine rings is 1. The van der Waals surface area contributed by atoms with E-state index in [0.717, 1.165) is 31.2 Å². The number of unbranched alkanes of at least 4 members (excludes halogenated alkanes) is 1. The molecule has 9 heteroatoms. The number of cyclic esters (lactones) is 1. The molecular weight excluding hydrogens is 400 g/mol. The normalized spacial score (nSPS) is 28.1. The van der Waals surface area contributed by atoms with E-state index in [1.807, 2.05) is 0 Å². The molecule has 176 valence electrons. The lowest BCUT2D eigenvalue weighted by molar-refractivity contribution is -0.145. The summed E-state index contributed by atoms with van der Waals surface area (Å²) in [5.74, 6) is -0.110. The topological polar surface area (TPSA) is 96.8 Å². The molecule has 1 saturated carbocycles. The summed E-state index contributed by atoms with van der Waals surface area (Å²) >= 11 is 0. The number of piperidine rings is 1. The van der Waals surface area contributed by atoms with Crippen LogP contribution in [0.1, 0.15) is 51.4 Å². The number of amides is 1. The number of likely N-dealkylation sites (tertiary alicyclic amines) is 1. The van der Waals surface area contributed by atoms with Crippen LogP contribution in [-0.4, -0.2) is 113 Å². The van der Waals surface area contributed by atoms with Crippen LogP contribution in [0.5, 0.6) is 0 Å². The fraction of sp³-hybridized carbons (Fsp3) is 0.909. The van der Waals surface area contributed by atoms with Crippen LogP contribution in [0, 0.1) is 5.92 Å². The molecule has 1 amide bonds. The van der Waals surface area contributed by atoms with E-state index in [2.05, 4.69) is 9.80 Å². The minimum atomic E-state index is -0.935. The summed E-state index contributed by atoms with van der Waals surface area (Å²) in [4.78, 5) is 31.4. The molecule has 3 heterocycles. The number of ether oxygens (including phenoxy) is 1. The number of carboxylic acids is 1. The standard InChI is InChI=1S/C22H38N4O5/c27-20-15-24(11-12-25(20)16-21(28)29)19(26-13-14-31-22(26)30)4-2-1-3-17-7-9-23(10-8-17)18-5-6-18/h17-20,27H,1-16H2,(H,28,29). The number of β-amino-alcohol motifs (C(OH)–C–C–N with tert-alkyl or cyclic N) is 1. The number of carbonyl (C=O) groups excluding carboxylic acids is 1. The summed E-state index contributed by atoms with van der Waals surface area (Å²) < 4.78 is 5.18. The Labute approximate surface area is 184 Å². The molecule has 2 atom stereocenters. The number of aliphatic hydroxyl groups is 1. The molecule has 4 fully saturated rings. The highest BCUT2D eigenvalue weighted by molar-refractivity contribution is 5.70. The number of carbonyl (C=O) groups is 2. The fourth-order valence-electron chi connectivity index (χ4n) is 5.47. The van der Waals surface area contributed by atoms with Gasteiger partial charge in [0.2, 0.25) is 0 Å². The van der Waals surface area contributed by atoms with Gasteiger partial charge in [-0.1, -0.05) is 19.3 Å². The molecular formula is C22H38N4O5. The monoisotopic (exact) mass is 438 g/mol. The summed E-state index contributed by atoms with van der Waals surface area (Å²) in [5, 5.41) is 19.5. The van der Waals surface area contributed by atoms with Gasteiger partial charge >= 0.3 is 12.1 Å². The largest absolute Gasteiger partial charge is 0.480 e. The lowest BCUT2D eigenvalue weighted by Crippen LogP contribution is -2.60. The SMILES string of the molecule is O=C(O)CN1CCN(C(CCCCC2CCN(C3CC3)CC2)N2CCOC2=O)CC1O. The van der Waals surface area contributed by atoms with Gasteiger partial charge in [0.1, 0.15) is 12.8 Å². The molecule has 9 nitrogen and oxygen atoms in total. The van der Waals surface area contributed by atoms with Gasteiger partial charge in [0, 0.05) is 25.7 Å². The van der Waals surface area contributed by atoms with Gasteiger partial charge in [-0.05, 0) is 51.1 Å². The van der Waals surface area contributed by atoms with Crippen molar-refractivity contribution in [2.75, 3.05) is 52.4 Å². The van der Waals surface area contributed by atoms with Gasteiger partial charge in [0.05, 0.1) is 19.3 Å². The zero-order valence-corrected chi connectivity index (χ0v) is 18.5. The van der Waals surface area contributed by atoms with Crippen LogP contribution in [0.15, 0.2) is 0 Å². The molecule has 0 spiro atoms. The Balaban J connectivity index is 1.24. The summed E-state index contributed by atoms with van der Waals surface area (Å²) in [5.41, 5.74) is 0. The van der Waals surface area contributed by atoms with Gasteiger partial charge < -0.3 is 19.8 Å². The molecule has 3 aliphatic heterocycles. The summed E-state index contributed by atoms with van der Waals surface area (Å²) in [6.07, 6.45) is 8.54. The van der Waals surface area contributed by atoms with E-state index in [-0.39, 0.29) is 18.8 Å². The highest BCUT2D eigenvalue weighted by Crippen LogP contribution is 2.32. The van der Waals surface area contributed by atoms with E-state index < -0.39 is 12.2 Å². The van der Waals surface area contributed by atoms with Crippen molar-refractivity contribution in [3.8, 4) is 0 Å². The molecule has 2 unspecified atom stereocenters. The van der Waals surface area contributed by atoms with E-state index in [4.69, 9.17) is 9.84 Å².